The molecule has 1 aromatic rings. The second-order valence-electron chi connectivity index (χ2n) is 4.60. The van der Waals surface area contributed by atoms with E-state index in [-0.39, 0.29) is 12.5 Å². The number of nitrogens with one attached hydrogen (secondary N) is 2. The van der Waals surface area contributed by atoms with Crippen LogP contribution in [0.25, 0.3) is 0 Å². The highest BCUT2D eigenvalue weighted by molar-refractivity contribution is 5.97. The van der Waals surface area contributed by atoms with Crippen LogP contribution in [0.2, 0.25) is 0 Å². The van der Waals surface area contributed by atoms with E-state index in [0.29, 0.717) is 17.1 Å². The third kappa shape index (κ3) is 3.29. The summed E-state index contributed by atoms with van der Waals surface area (Å²) in [5, 5.41) is 6.04. The molecule has 6 heteroatoms. The second kappa shape index (κ2) is 5.79. The van der Waals surface area contributed by atoms with Gasteiger partial charge in [-0.25, -0.2) is 0 Å². The standard InChI is InChI=1S/C13H20N4O2/c1-3-17(2)5-4-15-10-7-11-12(6-9(10)14)19-8-13(18)16-11/h6-7,15H,3-5,8,14H2,1-2H3,(H,16,18). The van der Waals surface area contributed by atoms with Gasteiger partial charge in [-0.2, -0.15) is 0 Å². The molecule has 1 aliphatic rings. The van der Waals surface area contributed by atoms with Gasteiger partial charge in [-0.1, -0.05) is 6.92 Å². The van der Waals surface area contributed by atoms with E-state index in [1.54, 1.807) is 6.07 Å². The first-order valence-electron chi connectivity index (χ1n) is 6.38. The number of amides is 1. The van der Waals surface area contributed by atoms with Crippen molar-refractivity contribution >= 4 is 23.0 Å². The number of nitrogens with zero attached hydrogens (tertiary/aromatic N) is 1. The minimum Gasteiger partial charge on any atom is -0.482 e. The Hall–Kier alpha value is -1.95. The molecule has 0 spiro atoms. The zero-order valence-electron chi connectivity index (χ0n) is 11.3. The Kier molecular flexibility index (Phi) is 4.11. The molecule has 104 valence electrons. The summed E-state index contributed by atoms with van der Waals surface area (Å²) in [6, 6.07) is 3.55. The summed E-state index contributed by atoms with van der Waals surface area (Å²) in [5.41, 5.74) is 8.06. The monoisotopic (exact) mass is 264 g/mol. The van der Waals surface area contributed by atoms with E-state index in [1.165, 1.54) is 0 Å². The highest BCUT2D eigenvalue weighted by Crippen LogP contribution is 2.34. The molecule has 0 fully saturated rings. The summed E-state index contributed by atoms with van der Waals surface area (Å²) < 4.78 is 5.30. The molecule has 0 unspecified atom stereocenters. The number of rotatable bonds is 5. The van der Waals surface area contributed by atoms with Gasteiger partial charge in [0.25, 0.3) is 5.91 Å². The lowest BCUT2D eigenvalue weighted by Crippen LogP contribution is -2.26. The number of carbonyl (C=O) groups excluding carboxylic acids is 1. The summed E-state index contributed by atoms with van der Waals surface area (Å²) in [6.07, 6.45) is 0. The molecule has 0 aliphatic carbocycles. The number of carbonyl (C=O) groups is 1. The Morgan fingerprint density at radius 1 is 1.53 bits per heavy atom. The quantitative estimate of drug-likeness (QED) is 0.690. The van der Waals surface area contributed by atoms with E-state index < -0.39 is 0 Å². The minimum absolute atomic E-state index is 0.0422. The van der Waals surface area contributed by atoms with Gasteiger partial charge in [0.15, 0.2) is 6.61 Å². The SMILES string of the molecule is CCN(C)CCNc1cc2c(cc1N)OCC(=O)N2. The number of nitrogens with two attached hydrogens (primary N) is 1. The van der Waals surface area contributed by atoms with E-state index in [9.17, 15) is 4.79 Å². The Balaban J connectivity index is 2.05. The van der Waals surface area contributed by atoms with Crippen LogP contribution >= 0.6 is 0 Å². The first-order valence-corrected chi connectivity index (χ1v) is 6.38. The van der Waals surface area contributed by atoms with Gasteiger partial charge in [-0.15, -0.1) is 0 Å². The molecule has 1 aromatic carbocycles. The lowest BCUT2D eigenvalue weighted by molar-refractivity contribution is -0.118. The summed E-state index contributed by atoms with van der Waals surface area (Å²) in [6.45, 7) is 4.88. The fourth-order valence-corrected chi connectivity index (χ4v) is 1.83. The van der Waals surface area contributed by atoms with E-state index in [2.05, 4.69) is 29.5 Å². The minimum atomic E-state index is -0.145. The Morgan fingerprint density at radius 2 is 2.32 bits per heavy atom. The third-order valence-electron chi connectivity index (χ3n) is 3.13. The number of fused-ring (bicyclic) bond motifs is 1. The molecule has 0 saturated heterocycles. The normalized spacial score (nSPS) is 13.7. The van der Waals surface area contributed by atoms with Crippen molar-refractivity contribution in [3.8, 4) is 5.75 Å². The van der Waals surface area contributed by atoms with Gasteiger partial charge in [-0.3, -0.25) is 4.79 Å². The van der Waals surface area contributed by atoms with Crippen LogP contribution in [0.4, 0.5) is 17.1 Å². The van der Waals surface area contributed by atoms with Gasteiger partial charge in [-0.05, 0) is 19.7 Å². The second-order valence-corrected chi connectivity index (χ2v) is 4.60. The Morgan fingerprint density at radius 3 is 3.05 bits per heavy atom. The van der Waals surface area contributed by atoms with E-state index in [1.807, 2.05) is 6.07 Å². The first kappa shape index (κ1) is 13.5. The zero-order chi connectivity index (χ0) is 13.8. The van der Waals surface area contributed by atoms with Crippen LogP contribution in [0.1, 0.15) is 6.92 Å². The van der Waals surface area contributed by atoms with Gasteiger partial charge < -0.3 is 26.0 Å². The van der Waals surface area contributed by atoms with Gasteiger partial charge in [0, 0.05) is 19.2 Å². The van der Waals surface area contributed by atoms with Crippen molar-refractivity contribution in [1.29, 1.82) is 0 Å². The van der Waals surface area contributed by atoms with Crippen LogP contribution in [-0.4, -0.2) is 44.1 Å². The third-order valence-corrected chi connectivity index (χ3v) is 3.13. The number of benzene rings is 1. The van der Waals surface area contributed by atoms with Crippen molar-refractivity contribution in [2.75, 3.05) is 49.7 Å². The number of likely N-dealkylation sites (N-methyl/N-ethyl adjacent to an activating group) is 1. The molecular formula is C13H20N4O2. The summed E-state index contributed by atoms with van der Waals surface area (Å²) in [4.78, 5) is 13.5. The first-order chi connectivity index (χ1) is 9.10. The van der Waals surface area contributed by atoms with E-state index in [4.69, 9.17) is 10.5 Å². The molecule has 0 radical (unpaired) electrons. The Labute approximate surface area is 112 Å². The smallest absolute Gasteiger partial charge is 0.262 e. The van der Waals surface area contributed by atoms with Crippen molar-refractivity contribution < 1.29 is 9.53 Å². The number of hydrogen-bond donors (Lipinski definition) is 3. The molecule has 1 aliphatic heterocycles. The van der Waals surface area contributed by atoms with Crippen LogP contribution in [0.3, 0.4) is 0 Å². The molecule has 4 N–H and O–H groups in total. The van der Waals surface area contributed by atoms with Crippen LogP contribution < -0.4 is 21.1 Å². The van der Waals surface area contributed by atoms with Gasteiger partial charge in [0.1, 0.15) is 5.75 Å². The van der Waals surface area contributed by atoms with Crippen molar-refractivity contribution in [1.82, 2.24) is 4.90 Å². The highest BCUT2D eigenvalue weighted by atomic mass is 16.5. The van der Waals surface area contributed by atoms with E-state index in [0.717, 1.165) is 25.3 Å². The lowest BCUT2D eigenvalue weighted by Gasteiger charge is -2.21. The van der Waals surface area contributed by atoms with Gasteiger partial charge in [0.2, 0.25) is 0 Å². The molecule has 6 nitrogen and oxygen atoms in total. The van der Waals surface area contributed by atoms with Crippen LogP contribution in [0, 0.1) is 0 Å². The summed E-state index contributed by atoms with van der Waals surface area (Å²) in [7, 11) is 2.06. The average Bonchev–Trinajstić information content (AvgIpc) is 2.39. The molecule has 1 amide bonds. The molecule has 1 heterocycles. The predicted molar refractivity (Wildman–Crippen MR) is 76.6 cm³/mol. The fourth-order valence-electron chi connectivity index (χ4n) is 1.83. The number of nitrogen functional groups attached to an aromatic ring is 1. The van der Waals surface area contributed by atoms with Crippen molar-refractivity contribution in [3.63, 3.8) is 0 Å². The van der Waals surface area contributed by atoms with Gasteiger partial charge in [0.05, 0.1) is 17.1 Å². The summed E-state index contributed by atoms with van der Waals surface area (Å²) >= 11 is 0. The predicted octanol–water partition coefficient (Wildman–Crippen LogP) is 0.963. The molecule has 0 atom stereocenters. The number of hydrogen-bond acceptors (Lipinski definition) is 5. The molecular weight excluding hydrogens is 244 g/mol. The molecule has 0 bridgehead atoms. The maximum atomic E-state index is 11.3. The van der Waals surface area contributed by atoms with Crippen molar-refractivity contribution in [2.24, 2.45) is 0 Å². The van der Waals surface area contributed by atoms with E-state index >= 15 is 0 Å². The molecule has 0 aromatic heterocycles. The van der Waals surface area contributed by atoms with Crippen LogP contribution in [-0.2, 0) is 4.79 Å². The van der Waals surface area contributed by atoms with Crippen molar-refractivity contribution in [3.05, 3.63) is 12.1 Å². The number of ether oxygens (including phenoxy) is 1. The van der Waals surface area contributed by atoms with Crippen LogP contribution in [0.15, 0.2) is 12.1 Å². The Bertz CT molecular complexity index is 476. The topological polar surface area (TPSA) is 79.6 Å². The van der Waals surface area contributed by atoms with Crippen LogP contribution in [0.5, 0.6) is 5.75 Å². The van der Waals surface area contributed by atoms with Crippen molar-refractivity contribution in [2.45, 2.75) is 6.92 Å². The number of anilines is 3. The van der Waals surface area contributed by atoms with Gasteiger partial charge >= 0.3 is 0 Å². The molecule has 2 rings (SSSR count). The molecule has 19 heavy (non-hydrogen) atoms. The zero-order valence-corrected chi connectivity index (χ0v) is 11.3. The summed E-state index contributed by atoms with van der Waals surface area (Å²) in [5.74, 6) is 0.474. The maximum Gasteiger partial charge on any atom is 0.262 e. The maximum absolute atomic E-state index is 11.3. The average molecular weight is 264 g/mol. The largest absolute Gasteiger partial charge is 0.482 e. The molecule has 0 saturated carbocycles. The fraction of sp³-hybridized carbons (Fsp3) is 0.462. The highest BCUT2D eigenvalue weighted by Gasteiger charge is 2.17. The lowest BCUT2D eigenvalue weighted by atomic mass is 10.2.